The zero-order chi connectivity index (χ0) is 26.4. The summed E-state index contributed by atoms with van der Waals surface area (Å²) in [6.45, 7) is 6.72. The highest BCUT2D eigenvalue weighted by Crippen LogP contribution is 2.43. The highest BCUT2D eigenvalue weighted by atomic mass is 19.1. The normalized spacial score (nSPS) is 15.9. The number of aryl methyl sites for hydroxylation is 1. The smallest absolute Gasteiger partial charge is 0.231 e. The van der Waals surface area contributed by atoms with Crippen LogP contribution in [-0.2, 0) is 19.5 Å². The van der Waals surface area contributed by atoms with Gasteiger partial charge < -0.3 is 18.8 Å². The van der Waals surface area contributed by atoms with E-state index < -0.39 is 0 Å². The summed E-state index contributed by atoms with van der Waals surface area (Å²) >= 11 is 0. The summed E-state index contributed by atoms with van der Waals surface area (Å²) in [5, 5.41) is 1.00. The molecule has 0 amide bonds. The van der Waals surface area contributed by atoms with Crippen molar-refractivity contribution in [2.75, 3.05) is 20.4 Å². The van der Waals surface area contributed by atoms with E-state index in [0.29, 0.717) is 30.3 Å². The van der Waals surface area contributed by atoms with Gasteiger partial charge in [-0.25, -0.2) is 4.39 Å². The van der Waals surface area contributed by atoms with Crippen molar-refractivity contribution in [3.8, 4) is 17.2 Å². The number of Topliss-reactive ketones (excluding diaryl/α,β-unsaturated/α-hetero) is 1. The Labute approximate surface area is 220 Å². The highest BCUT2D eigenvalue weighted by molar-refractivity contribution is 6.15. The zero-order valence-corrected chi connectivity index (χ0v) is 21.7. The third kappa shape index (κ3) is 4.23. The van der Waals surface area contributed by atoms with Gasteiger partial charge in [0.15, 0.2) is 5.76 Å². The fourth-order valence-corrected chi connectivity index (χ4v) is 5.33. The van der Waals surface area contributed by atoms with Crippen molar-refractivity contribution in [3.05, 3.63) is 94.1 Å². The molecule has 0 saturated heterocycles. The lowest BCUT2D eigenvalue weighted by Gasteiger charge is -2.30. The molecule has 3 heterocycles. The van der Waals surface area contributed by atoms with Gasteiger partial charge in [-0.2, -0.15) is 0 Å². The van der Waals surface area contributed by atoms with Crippen molar-refractivity contribution in [2.24, 2.45) is 0 Å². The molecule has 3 aromatic carbocycles. The average molecular weight is 513 g/mol. The van der Waals surface area contributed by atoms with Gasteiger partial charge in [0.25, 0.3) is 0 Å². The lowest BCUT2D eigenvalue weighted by Crippen LogP contribution is -2.34. The molecule has 7 heteroatoms. The van der Waals surface area contributed by atoms with Crippen molar-refractivity contribution in [2.45, 2.75) is 33.4 Å². The van der Waals surface area contributed by atoms with Crippen molar-refractivity contribution < 1.29 is 23.4 Å². The number of aromatic nitrogens is 1. The van der Waals surface area contributed by atoms with E-state index in [2.05, 4.69) is 16.4 Å². The minimum absolute atomic E-state index is 0.130. The Hall–Kier alpha value is -4.10. The van der Waals surface area contributed by atoms with Crippen LogP contribution in [0.15, 0.2) is 60.5 Å². The van der Waals surface area contributed by atoms with E-state index in [9.17, 15) is 9.18 Å². The second-order valence-electron chi connectivity index (χ2n) is 9.76. The summed E-state index contributed by atoms with van der Waals surface area (Å²) < 4.78 is 33.1. The van der Waals surface area contributed by atoms with Crippen molar-refractivity contribution in [3.63, 3.8) is 0 Å². The number of benzene rings is 3. The number of carbonyl (C=O) groups is 1. The molecule has 38 heavy (non-hydrogen) atoms. The van der Waals surface area contributed by atoms with Crippen LogP contribution in [0.3, 0.4) is 0 Å². The number of ketones is 1. The molecule has 194 valence electrons. The number of ether oxygens (including phenoxy) is 3. The number of rotatable bonds is 6. The second kappa shape index (κ2) is 9.65. The van der Waals surface area contributed by atoms with E-state index in [1.807, 2.05) is 55.6 Å². The number of fused-ring (bicyclic) bond motifs is 3. The van der Waals surface area contributed by atoms with E-state index in [1.54, 1.807) is 7.11 Å². The van der Waals surface area contributed by atoms with Crippen LogP contribution in [0.25, 0.3) is 17.0 Å². The predicted molar refractivity (Wildman–Crippen MR) is 144 cm³/mol. The Balaban J connectivity index is 1.27. The molecule has 2 aliphatic rings. The Morgan fingerprint density at radius 1 is 1.11 bits per heavy atom. The van der Waals surface area contributed by atoms with Gasteiger partial charge >= 0.3 is 0 Å². The highest BCUT2D eigenvalue weighted by Gasteiger charge is 2.33. The molecule has 0 spiro atoms. The third-order valence-corrected chi connectivity index (χ3v) is 7.38. The Bertz CT molecular complexity index is 1590. The van der Waals surface area contributed by atoms with Gasteiger partial charge in [0, 0.05) is 53.4 Å². The van der Waals surface area contributed by atoms with E-state index in [1.165, 1.54) is 12.1 Å². The first-order chi connectivity index (χ1) is 18.4. The first-order valence-corrected chi connectivity index (χ1v) is 12.8. The standard InChI is InChI=1S/C31H29FN2O4/c1-4-34-17-21(25-15-24(36-3)9-10-27(25)34)14-28-29(35)26-13-22-16-33(12-11-20-5-7-23(32)8-6-20)18-37-30(22)19(2)31(26)38-28/h5-10,13-15,17H,4,11-12,16,18H2,1-3H3/b28-14-. The number of hydrogen-bond donors (Lipinski definition) is 0. The summed E-state index contributed by atoms with van der Waals surface area (Å²) in [4.78, 5) is 15.7. The second-order valence-corrected chi connectivity index (χ2v) is 9.76. The molecule has 6 rings (SSSR count). The van der Waals surface area contributed by atoms with Crippen LogP contribution >= 0.6 is 0 Å². The van der Waals surface area contributed by atoms with Gasteiger partial charge in [0.05, 0.1) is 12.7 Å². The maximum absolute atomic E-state index is 13.5. The fraction of sp³-hybridized carbons (Fsp3) is 0.258. The van der Waals surface area contributed by atoms with Gasteiger partial charge in [-0.3, -0.25) is 9.69 Å². The lowest BCUT2D eigenvalue weighted by molar-refractivity contribution is 0.0954. The van der Waals surface area contributed by atoms with Crippen LogP contribution in [0.2, 0.25) is 0 Å². The number of halogens is 1. The Morgan fingerprint density at radius 3 is 2.68 bits per heavy atom. The molecule has 0 atom stereocenters. The summed E-state index contributed by atoms with van der Waals surface area (Å²) in [5.74, 6) is 2.05. The van der Waals surface area contributed by atoms with E-state index >= 15 is 0 Å². The number of methoxy groups -OCH3 is 1. The third-order valence-electron chi connectivity index (χ3n) is 7.38. The average Bonchev–Trinajstić information content (AvgIpc) is 3.45. The van der Waals surface area contributed by atoms with Crippen molar-refractivity contribution >= 4 is 22.8 Å². The number of nitrogens with zero attached hydrogens (tertiary/aromatic N) is 2. The maximum Gasteiger partial charge on any atom is 0.231 e. The zero-order valence-electron chi connectivity index (χ0n) is 21.7. The monoisotopic (exact) mass is 512 g/mol. The van der Waals surface area contributed by atoms with Crippen LogP contribution in [0, 0.1) is 12.7 Å². The Morgan fingerprint density at radius 2 is 1.92 bits per heavy atom. The summed E-state index contributed by atoms with van der Waals surface area (Å²) in [6.07, 6.45) is 4.65. The molecule has 0 bridgehead atoms. The van der Waals surface area contributed by atoms with Crippen LogP contribution in [0.5, 0.6) is 17.2 Å². The van der Waals surface area contributed by atoms with Gasteiger partial charge in [-0.15, -0.1) is 0 Å². The van der Waals surface area contributed by atoms with E-state index in [0.717, 1.165) is 64.2 Å². The number of hydrogen-bond acceptors (Lipinski definition) is 5. The molecule has 1 aromatic heterocycles. The fourth-order valence-electron chi connectivity index (χ4n) is 5.33. The first kappa shape index (κ1) is 24.2. The molecule has 6 nitrogen and oxygen atoms in total. The van der Waals surface area contributed by atoms with Gasteiger partial charge in [0.1, 0.15) is 29.8 Å². The number of carbonyl (C=O) groups excluding carboxylic acids is 1. The largest absolute Gasteiger partial charge is 0.497 e. The summed E-state index contributed by atoms with van der Waals surface area (Å²) in [5.41, 5.74) is 5.42. The number of allylic oxidation sites excluding steroid dienone is 1. The van der Waals surface area contributed by atoms with Crippen molar-refractivity contribution in [1.29, 1.82) is 0 Å². The molecule has 0 unspecified atom stereocenters. The van der Waals surface area contributed by atoms with Gasteiger partial charge in [0.2, 0.25) is 5.78 Å². The molecule has 0 saturated carbocycles. The lowest BCUT2D eigenvalue weighted by atomic mass is 9.99. The molecule has 0 fully saturated rings. The summed E-state index contributed by atoms with van der Waals surface area (Å²) in [6, 6.07) is 14.4. The Kier molecular flexibility index (Phi) is 6.16. The first-order valence-electron chi connectivity index (χ1n) is 12.8. The van der Waals surface area contributed by atoms with E-state index in [4.69, 9.17) is 14.2 Å². The van der Waals surface area contributed by atoms with Gasteiger partial charge in [-0.05, 0) is 68.3 Å². The molecule has 0 aliphatic carbocycles. The summed E-state index contributed by atoms with van der Waals surface area (Å²) in [7, 11) is 1.65. The molecule has 0 N–H and O–H groups in total. The minimum Gasteiger partial charge on any atom is -0.497 e. The predicted octanol–water partition coefficient (Wildman–Crippen LogP) is 6.13. The maximum atomic E-state index is 13.5. The molecular weight excluding hydrogens is 483 g/mol. The quantitative estimate of drug-likeness (QED) is 0.291. The molecule has 0 radical (unpaired) electrons. The molecular formula is C31H29FN2O4. The van der Waals surface area contributed by atoms with Crippen LogP contribution in [-0.4, -0.2) is 35.6 Å². The minimum atomic E-state index is -0.232. The van der Waals surface area contributed by atoms with Crippen LogP contribution in [0.4, 0.5) is 4.39 Å². The van der Waals surface area contributed by atoms with E-state index in [-0.39, 0.29) is 11.6 Å². The van der Waals surface area contributed by atoms with Gasteiger partial charge in [-0.1, -0.05) is 12.1 Å². The SMILES string of the molecule is CCn1cc(/C=C2\Oc3c(cc4c(c3C)OCN(CCc3ccc(F)cc3)C4)C2=O)c2cc(OC)ccc21. The molecule has 2 aliphatic heterocycles. The van der Waals surface area contributed by atoms with Crippen molar-refractivity contribution in [1.82, 2.24) is 9.47 Å². The molecule has 4 aromatic rings. The van der Waals surface area contributed by atoms with Crippen LogP contribution < -0.4 is 14.2 Å². The topological polar surface area (TPSA) is 52.9 Å². The van der Waals surface area contributed by atoms with Crippen LogP contribution in [0.1, 0.15) is 39.5 Å².